The first-order valence-electron chi connectivity index (χ1n) is 7.41. The van der Waals surface area contributed by atoms with Crippen LogP contribution in [0.25, 0.3) is 10.9 Å². The molecular weight excluding hydrogens is 256 g/mol. The molecule has 0 radical (unpaired) electrons. The molecule has 0 amide bonds. The molecule has 21 heavy (non-hydrogen) atoms. The van der Waals surface area contributed by atoms with Crippen molar-refractivity contribution in [2.24, 2.45) is 0 Å². The van der Waals surface area contributed by atoms with Gasteiger partial charge in [-0.25, -0.2) is 4.98 Å². The molecule has 0 saturated carbocycles. The van der Waals surface area contributed by atoms with Crippen LogP contribution in [0.1, 0.15) is 30.9 Å². The van der Waals surface area contributed by atoms with Crippen molar-refractivity contribution in [3.05, 3.63) is 71.8 Å². The van der Waals surface area contributed by atoms with Gasteiger partial charge in [0.2, 0.25) is 0 Å². The summed E-state index contributed by atoms with van der Waals surface area (Å²) in [6, 6.07) is 21.1. The van der Waals surface area contributed by atoms with Crippen LogP contribution in [0.2, 0.25) is 0 Å². The molecule has 0 aliphatic carbocycles. The molecule has 1 heterocycles. The first-order valence-corrected chi connectivity index (χ1v) is 7.41. The average molecular weight is 276 g/mol. The predicted octanol–water partition coefficient (Wildman–Crippen LogP) is 4.97. The Bertz CT molecular complexity index is 730. The van der Waals surface area contributed by atoms with E-state index in [0.717, 1.165) is 17.9 Å². The second-order valence-corrected chi connectivity index (χ2v) is 5.64. The molecule has 3 rings (SSSR count). The minimum absolute atomic E-state index is 0.578. The van der Waals surface area contributed by atoms with Crippen molar-refractivity contribution in [3.8, 4) is 0 Å². The van der Waals surface area contributed by atoms with E-state index < -0.39 is 0 Å². The summed E-state index contributed by atoms with van der Waals surface area (Å²) in [6.45, 7) is 5.22. The monoisotopic (exact) mass is 276 g/mol. The van der Waals surface area contributed by atoms with Crippen molar-refractivity contribution in [1.82, 2.24) is 4.98 Å². The van der Waals surface area contributed by atoms with Gasteiger partial charge in [0.1, 0.15) is 5.82 Å². The zero-order valence-corrected chi connectivity index (χ0v) is 12.5. The Morgan fingerprint density at radius 1 is 0.905 bits per heavy atom. The van der Waals surface area contributed by atoms with Gasteiger partial charge in [0, 0.05) is 11.9 Å². The Hall–Kier alpha value is -2.35. The molecule has 0 atom stereocenters. The summed E-state index contributed by atoms with van der Waals surface area (Å²) in [6.07, 6.45) is 0. The number of para-hydroxylation sites is 1. The average Bonchev–Trinajstić information content (AvgIpc) is 2.53. The first-order chi connectivity index (χ1) is 10.2. The molecule has 0 bridgehead atoms. The van der Waals surface area contributed by atoms with Crippen molar-refractivity contribution in [2.75, 3.05) is 5.32 Å². The molecular formula is C19H20N2. The van der Waals surface area contributed by atoms with Crippen molar-refractivity contribution < 1.29 is 0 Å². The second-order valence-electron chi connectivity index (χ2n) is 5.64. The Kier molecular flexibility index (Phi) is 3.87. The van der Waals surface area contributed by atoms with Gasteiger partial charge < -0.3 is 5.32 Å². The van der Waals surface area contributed by atoms with Crippen molar-refractivity contribution in [3.63, 3.8) is 0 Å². The third kappa shape index (κ3) is 3.22. The van der Waals surface area contributed by atoms with Gasteiger partial charge in [0.25, 0.3) is 0 Å². The van der Waals surface area contributed by atoms with E-state index in [1.54, 1.807) is 0 Å². The standard InChI is InChI=1S/C19H20N2/c1-14(2)16-9-7-15(8-10-16)13-20-19-12-11-17-5-3-4-6-18(17)21-19/h3-12,14H,13H2,1-2H3,(H,20,21). The number of aromatic nitrogens is 1. The number of rotatable bonds is 4. The summed E-state index contributed by atoms with van der Waals surface area (Å²) in [5.41, 5.74) is 3.68. The van der Waals surface area contributed by atoms with E-state index >= 15 is 0 Å². The topological polar surface area (TPSA) is 24.9 Å². The maximum absolute atomic E-state index is 4.62. The molecule has 106 valence electrons. The fourth-order valence-corrected chi connectivity index (χ4v) is 2.38. The van der Waals surface area contributed by atoms with E-state index in [1.807, 2.05) is 24.3 Å². The summed E-state index contributed by atoms with van der Waals surface area (Å²) in [4.78, 5) is 4.62. The van der Waals surface area contributed by atoms with Crippen molar-refractivity contribution >= 4 is 16.7 Å². The highest BCUT2D eigenvalue weighted by Crippen LogP contribution is 2.17. The summed E-state index contributed by atoms with van der Waals surface area (Å²) in [5, 5.41) is 4.56. The van der Waals surface area contributed by atoms with Gasteiger partial charge in [-0.2, -0.15) is 0 Å². The molecule has 0 spiro atoms. The summed E-state index contributed by atoms with van der Waals surface area (Å²) < 4.78 is 0. The van der Waals surface area contributed by atoms with Crippen LogP contribution in [0.5, 0.6) is 0 Å². The van der Waals surface area contributed by atoms with Gasteiger partial charge >= 0.3 is 0 Å². The zero-order valence-electron chi connectivity index (χ0n) is 12.5. The number of anilines is 1. The van der Waals surface area contributed by atoms with Gasteiger partial charge in [-0.05, 0) is 35.2 Å². The number of fused-ring (bicyclic) bond motifs is 1. The molecule has 0 unspecified atom stereocenters. The maximum atomic E-state index is 4.62. The van der Waals surface area contributed by atoms with Crippen molar-refractivity contribution in [1.29, 1.82) is 0 Å². The van der Waals surface area contributed by atoms with Crippen LogP contribution < -0.4 is 5.32 Å². The molecule has 0 saturated heterocycles. The Morgan fingerprint density at radius 3 is 2.43 bits per heavy atom. The largest absolute Gasteiger partial charge is 0.366 e. The van der Waals surface area contributed by atoms with E-state index in [1.165, 1.54) is 16.5 Å². The van der Waals surface area contributed by atoms with E-state index in [-0.39, 0.29) is 0 Å². The van der Waals surface area contributed by atoms with E-state index in [4.69, 9.17) is 0 Å². The van der Waals surface area contributed by atoms with E-state index in [9.17, 15) is 0 Å². The van der Waals surface area contributed by atoms with Crippen LogP contribution in [0.4, 0.5) is 5.82 Å². The number of nitrogens with zero attached hydrogens (tertiary/aromatic N) is 1. The molecule has 2 heteroatoms. The zero-order chi connectivity index (χ0) is 14.7. The Labute approximate surface area is 125 Å². The van der Waals surface area contributed by atoms with Crippen LogP contribution >= 0.6 is 0 Å². The molecule has 0 fully saturated rings. The third-order valence-corrected chi connectivity index (χ3v) is 3.72. The fraction of sp³-hybridized carbons (Fsp3) is 0.211. The van der Waals surface area contributed by atoms with Crippen LogP contribution in [0, 0.1) is 0 Å². The normalized spacial score (nSPS) is 11.0. The van der Waals surface area contributed by atoms with Gasteiger partial charge in [-0.1, -0.05) is 56.3 Å². The van der Waals surface area contributed by atoms with Crippen LogP contribution in [-0.2, 0) is 6.54 Å². The summed E-state index contributed by atoms with van der Waals surface area (Å²) in [7, 11) is 0. The van der Waals surface area contributed by atoms with Gasteiger partial charge in [-0.3, -0.25) is 0 Å². The highest BCUT2D eigenvalue weighted by molar-refractivity contribution is 5.80. The summed E-state index contributed by atoms with van der Waals surface area (Å²) in [5.74, 6) is 1.50. The maximum Gasteiger partial charge on any atom is 0.126 e. The molecule has 3 aromatic rings. The minimum Gasteiger partial charge on any atom is -0.366 e. The fourth-order valence-electron chi connectivity index (χ4n) is 2.38. The number of nitrogens with one attached hydrogen (secondary N) is 1. The highest BCUT2D eigenvalue weighted by atomic mass is 15.0. The Balaban J connectivity index is 1.71. The van der Waals surface area contributed by atoms with E-state index in [0.29, 0.717) is 5.92 Å². The lowest BCUT2D eigenvalue weighted by Gasteiger charge is -2.09. The highest BCUT2D eigenvalue weighted by Gasteiger charge is 2.00. The van der Waals surface area contributed by atoms with Crippen molar-refractivity contribution in [2.45, 2.75) is 26.3 Å². The molecule has 1 aromatic heterocycles. The van der Waals surface area contributed by atoms with Gasteiger partial charge in [0.15, 0.2) is 0 Å². The third-order valence-electron chi connectivity index (χ3n) is 3.72. The van der Waals surface area contributed by atoms with Crippen LogP contribution in [0.3, 0.4) is 0 Å². The first kappa shape index (κ1) is 13.6. The van der Waals surface area contributed by atoms with Gasteiger partial charge in [-0.15, -0.1) is 0 Å². The number of hydrogen-bond donors (Lipinski definition) is 1. The lowest BCUT2D eigenvalue weighted by molar-refractivity contribution is 0.865. The second kappa shape index (κ2) is 5.96. The lowest BCUT2D eigenvalue weighted by Crippen LogP contribution is -2.01. The number of benzene rings is 2. The Morgan fingerprint density at radius 2 is 1.67 bits per heavy atom. The van der Waals surface area contributed by atoms with Crippen LogP contribution in [-0.4, -0.2) is 4.98 Å². The minimum atomic E-state index is 0.578. The lowest BCUT2D eigenvalue weighted by atomic mass is 10.0. The SMILES string of the molecule is CC(C)c1ccc(CNc2ccc3ccccc3n2)cc1. The predicted molar refractivity (Wildman–Crippen MR) is 89.6 cm³/mol. The molecule has 2 aromatic carbocycles. The van der Waals surface area contributed by atoms with Gasteiger partial charge in [0.05, 0.1) is 5.52 Å². The van der Waals surface area contributed by atoms with Crippen LogP contribution in [0.15, 0.2) is 60.7 Å². The van der Waals surface area contributed by atoms with E-state index in [2.05, 4.69) is 60.5 Å². The quantitative estimate of drug-likeness (QED) is 0.727. The smallest absolute Gasteiger partial charge is 0.126 e. The molecule has 2 nitrogen and oxygen atoms in total. The molecule has 0 aliphatic heterocycles. The molecule has 1 N–H and O–H groups in total. The summed E-state index contributed by atoms with van der Waals surface area (Å²) >= 11 is 0. The molecule has 0 aliphatic rings. The number of hydrogen-bond acceptors (Lipinski definition) is 2. The number of pyridine rings is 1.